The smallest absolute Gasteiger partial charge is 0.0941 e. The second kappa shape index (κ2) is 6.29. The van der Waals surface area contributed by atoms with Crippen LogP contribution in [-0.4, -0.2) is 13.1 Å². The van der Waals surface area contributed by atoms with Gasteiger partial charge in [-0.3, -0.25) is 0 Å². The summed E-state index contributed by atoms with van der Waals surface area (Å²) in [6.07, 6.45) is 9.52. The lowest BCUT2D eigenvalue weighted by molar-refractivity contribution is 0.578. The maximum Gasteiger partial charge on any atom is 0.0941 e. The van der Waals surface area contributed by atoms with Gasteiger partial charge < -0.3 is 4.90 Å². The van der Waals surface area contributed by atoms with E-state index in [1.54, 1.807) is 10.6 Å². The fraction of sp³-hybridized carbons (Fsp3) is 0.714. The Bertz CT molecular complexity index is 299. The molecule has 0 spiro atoms. The maximum atomic E-state index is 2.61. The zero-order valence-electron chi connectivity index (χ0n) is 10.4. The molecule has 16 heavy (non-hydrogen) atoms. The van der Waals surface area contributed by atoms with Crippen LogP contribution < -0.4 is 4.90 Å². The topological polar surface area (TPSA) is 3.24 Å². The average molecular weight is 237 g/mol. The van der Waals surface area contributed by atoms with Crippen LogP contribution in [0.4, 0.5) is 5.00 Å². The molecule has 2 heteroatoms. The Labute approximate surface area is 103 Å². The quantitative estimate of drug-likeness (QED) is 0.683. The van der Waals surface area contributed by atoms with Crippen LogP contribution >= 0.6 is 11.3 Å². The first kappa shape index (κ1) is 12.0. The molecule has 1 aromatic heterocycles. The highest BCUT2D eigenvalue weighted by Crippen LogP contribution is 2.31. The van der Waals surface area contributed by atoms with Gasteiger partial charge in [0.1, 0.15) is 0 Å². The minimum absolute atomic E-state index is 1.28. The molecule has 0 aliphatic carbocycles. The molecule has 1 aliphatic heterocycles. The van der Waals surface area contributed by atoms with Crippen molar-refractivity contribution in [2.75, 3.05) is 18.0 Å². The molecule has 1 nitrogen and oxygen atoms in total. The van der Waals surface area contributed by atoms with Gasteiger partial charge in [0, 0.05) is 13.1 Å². The van der Waals surface area contributed by atoms with E-state index in [4.69, 9.17) is 0 Å². The maximum absolute atomic E-state index is 2.61. The first-order valence-corrected chi connectivity index (χ1v) is 7.61. The molecule has 0 bridgehead atoms. The van der Waals surface area contributed by atoms with Crippen molar-refractivity contribution in [2.24, 2.45) is 0 Å². The molecule has 0 radical (unpaired) electrons. The van der Waals surface area contributed by atoms with E-state index in [1.807, 2.05) is 11.3 Å². The average Bonchev–Trinajstić information content (AvgIpc) is 2.79. The minimum atomic E-state index is 1.28. The lowest BCUT2D eigenvalue weighted by Crippen LogP contribution is -2.29. The number of aryl methyl sites for hydroxylation is 1. The molecule has 0 atom stereocenters. The summed E-state index contributed by atoms with van der Waals surface area (Å²) in [6, 6.07) is 2.34. The molecular formula is C14H23NS. The molecule has 0 aromatic carbocycles. The van der Waals surface area contributed by atoms with Crippen molar-refractivity contribution in [1.82, 2.24) is 0 Å². The molecule has 0 unspecified atom stereocenters. The number of thiophene rings is 1. The van der Waals surface area contributed by atoms with E-state index in [0.29, 0.717) is 0 Å². The van der Waals surface area contributed by atoms with Crippen molar-refractivity contribution in [3.8, 4) is 0 Å². The van der Waals surface area contributed by atoms with Crippen LogP contribution in [0.2, 0.25) is 0 Å². The summed E-state index contributed by atoms with van der Waals surface area (Å²) in [6.45, 7) is 4.84. The fourth-order valence-corrected chi connectivity index (χ4v) is 3.47. The number of anilines is 1. The third kappa shape index (κ3) is 3.00. The summed E-state index contributed by atoms with van der Waals surface area (Å²) in [5, 5.41) is 3.83. The van der Waals surface area contributed by atoms with Crippen LogP contribution in [-0.2, 0) is 6.42 Å². The van der Waals surface area contributed by atoms with Gasteiger partial charge in [-0.15, -0.1) is 11.3 Å². The Morgan fingerprint density at radius 3 is 2.75 bits per heavy atom. The molecular weight excluding hydrogens is 214 g/mol. The van der Waals surface area contributed by atoms with Gasteiger partial charge in [-0.25, -0.2) is 0 Å². The standard InChI is InChI=1S/C14H23NS/c1-2-3-5-8-13-9-12-16-14(13)15-10-6-4-7-11-15/h9,12H,2-8,10-11H2,1H3. The van der Waals surface area contributed by atoms with Crippen molar-refractivity contribution in [1.29, 1.82) is 0 Å². The summed E-state index contributed by atoms with van der Waals surface area (Å²) in [4.78, 5) is 2.61. The van der Waals surface area contributed by atoms with Crippen molar-refractivity contribution >= 4 is 16.3 Å². The molecule has 1 aromatic rings. The Morgan fingerprint density at radius 1 is 1.19 bits per heavy atom. The highest BCUT2D eigenvalue weighted by molar-refractivity contribution is 7.14. The molecule has 0 N–H and O–H groups in total. The van der Waals surface area contributed by atoms with Gasteiger partial charge in [0.25, 0.3) is 0 Å². The number of piperidine rings is 1. The second-order valence-electron chi connectivity index (χ2n) is 4.76. The first-order chi connectivity index (χ1) is 7.92. The van der Waals surface area contributed by atoms with Crippen LogP contribution in [0.3, 0.4) is 0 Å². The lowest BCUT2D eigenvalue weighted by Gasteiger charge is -2.28. The minimum Gasteiger partial charge on any atom is -0.363 e. The summed E-state index contributed by atoms with van der Waals surface area (Å²) in [5.74, 6) is 0. The second-order valence-corrected chi connectivity index (χ2v) is 5.65. The molecule has 0 amide bonds. The van der Waals surface area contributed by atoms with Crippen LogP contribution in [0.1, 0.15) is 51.0 Å². The summed E-state index contributed by atoms with van der Waals surface area (Å²) in [5.41, 5.74) is 1.60. The van der Waals surface area contributed by atoms with E-state index in [0.717, 1.165) is 0 Å². The Balaban J connectivity index is 1.94. The number of nitrogens with zero attached hydrogens (tertiary/aromatic N) is 1. The Hall–Kier alpha value is -0.500. The molecule has 1 fully saturated rings. The van der Waals surface area contributed by atoms with Gasteiger partial charge in [0.05, 0.1) is 5.00 Å². The third-order valence-corrected chi connectivity index (χ3v) is 4.43. The zero-order valence-corrected chi connectivity index (χ0v) is 11.2. The SMILES string of the molecule is CCCCCc1ccsc1N1CCCCC1. The van der Waals surface area contributed by atoms with Crippen LogP contribution in [0.25, 0.3) is 0 Å². The van der Waals surface area contributed by atoms with Gasteiger partial charge in [-0.1, -0.05) is 19.8 Å². The predicted octanol–water partition coefficient (Wildman–Crippen LogP) is 4.47. The summed E-state index contributed by atoms with van der Waals surface area (Å²) < 4.78 is 0. The molecule has 2 heterocycles. The van der Waals surface area contributed by atoms with Crippen molar-refractivity contribution < 1.29 is 0 Å². The molecule has 1 aliphatic rings. The van der Waals surface area contributed by atoms with Gasteiger partial charge in [-0.05, 0) is 49.1 Å². The number of hydrogen-bond acceptors (Lipinski definition) is 2. The fourth-order valence-electron chi connectivity index (χ4n) is 2.46. The van der Waals surface area contributed by atoms with Gasteiger partial charge >= 0.3 is 0 Å². The zero-order chi connectivity index (χ0) is 11.2. The van der Waals surface area contributed by atoms with E-state index in [1.165, 1.54) is 58.0 Å². The Morgan fingerprint density at radius 2 is 2.00 bits per heavy atom. The van der Waals surface area contributed by atoms with Crippen LogP contribution in [0, 0.1) is 0 Å². The summed E-state index contributed by atoms with van der Waals surface area (Å²) >= 11 is 1.94. The molecule has 2 rings (SSSR count). The van der Waals surface area contributed by atoms with Crippen LogP contribution in [0.5, 0.6) is 0 Å². The van der Waals surface area contributed by atoms with E-state index in [2.05, 4.69) is 23.3 Å². The predicted molar refractivity (Wildman–Crippen MR) is 73.6 cm³/mol. The van der Waals surface area contributed by atoms with Gasteiger partial charge in [0.15, 0.2) is 0 Å². The van der Waals surface area contributed by atoms with E-state index in [9.17, 15) is 0 Å². The highest BCUT2D eigenvalue weighted by Gasteiger charge is 2.15. The summed E-state index contributed by atoms with van der Waals surface area (Å²) in [7, 11) is 0. The van der Waals surface area contributed by atoms with Crippen molar-refractivity contribution in [2.45, 2.75) is 51.9 Å². The van der Waals surface area contributed by atoms with Crippen molar-refractivity contribution in [3.05, 3.63) is 17.0 Å². The largest absolute Gasteiger partial charge is 0.363 e. The normalized spacial score (nSPS) is 16.7. The molecule has 90 valence electrons. The lowest BCUT2D eigenvalue weighted by atomic mass is 10.1. The van der Waals surface area contributed by atoms with E-state index >= 15 is 0 Å². The van der Waals surface area contributed by atoms with Gasteiger partial charge in [0.2, 0.25) is 0 Å². The molecule has 1 saturated heterocycles. The van der Waals surface area contributed by atoms with Crippen molar-refractivity contribution in [3.63, 3.8) is 0 Å². The number of hydrogen-bond donors (Lipinski definition) is 0. The number of rotatable bonds is 5. The third-order valence-electron chi connectivity index (χ3n) is 3.42. The van der Waals surface area contributed by atoms with E-state index in [-0.39, 0.29) is 0 Å². The first-order valence-electron chi connectivity index (χ1n) is 6.73. The van der Waals surface area contributed by atoms with Gasteiger partial charge in [-0.2, -0.15) is 0 Å². The number of unbranched alkanes of at least 4 members (excludes halogenated alkanes) is 2. The Kier molecular flexibility index (Phi) is 4.70. The highest BCUT2D eigenvalue weighted by atomic mass is 32.1. The van der Waals surface area contributed by atoms with Crippen LogP contribution in [0.15, 0.2) is 11.4 Å². The van der Waals surface area contributed by atoms with E-state index < -0.39 is 0 Å². The molecule has 0 saturated carbocycles. The monoisotopic (exact) mass is 237 g/mol.